The molecule has 7 heteroatoms. The maximum Gasteiger partial charge on any atom is 0.225 e. The van der Waals surface area contributed by atoms with Gasteiger partial charge in [0.2, 0.25) is 5.91 Å². The smallest absolute Gasteiger partial charge is 0.225 e. The van der Waals surface area contributed by atoms with Gasteiger partial charge in [0.25, 0.3) is 0 Å². The summed E-state index contributed by atoms with van der Waals surface area (Å²) in [6.45, 7) is 1.48. The van der Waals surface area contributed by atoms with E-state index in [-0.39, 0.29) is 17.9 Å². The molecule has 0 spiro atoms. The molecule has 166 valence electrons. The molecular formula is C26H26N6O. The summed E-state index contributed by atoms with van der Waals surface area (Å²) in [5.74, 6) is 1.48. The van der Waals surface area contributed by atoms with Crippen molar-refractivity contribution in [3.63, 3.8) is 0 Å². The fourth-order valence-electron chi connectivity index (χ4n) is 4.35. The third-order valence-electron chi connectivity index (χ3n) is 6.05. The van der Waals surface area contributed by atoms with Gasteiger partial charge in [-0.25, -0.2) is 14.6 Å². The van der Waals surface area contributed by atoms with Gasteiger partial charge in [0.05, 0.1) is 12.0 Å². The van der Waals surface area contributed by atoms with Gasteiger partial charge in [-0.15, -0.1) is 0 Å². The summed E-state index contributed by atoms with van der Waals surface area (Å²) >= 11 is 0. The van der Waals surface area contributed by atoms with E-state index in [0.29, 0.717) is 12.4 Å². The third-order valence-corrected chi connectivity index (χ3v) is 6.05. The number of amides is 1. The quantitative estimate of drug-likeness (QED) is 0.496. The summed E-state index contributed by atoms with van der Waals surface area (Å²) in [7, 11) is 0. The maximum absolute atomic E-state index is 13.4. The van der Waals surface area contributed by atoms with Crippen molar-refractivity contribution in [1.82, 2.24) is 25.1 Å². The zero-order valence-electron chi connectivity index (χ0n) is 18.3. The van der Waals surface area contributed by atoms with Gasteiger partial charge in [0, 0.05) is 31.5 Å². The molecule has 33 heavy (non-hydrogen) atoms. The molecule has 0 bridgehead atoms. The molecule has 1 aliphatic rings. The molecule has 1 aliphatic heterocycles. The first-order valence-corrected chi connectivity index (χ1v) is 11.3. The van der Waals surface area contributed by atoms with Crippen LogP contribution >= 0.6 is 0 Å². The summed E-state index contributed by atoms with van der Waals surface area (Å²) in [5.41, 5.74) is 2.15. The zero-order valence-corrected chi connectivity index (χ0v) is 18.3. The Hall–Kier alpha value is -4.00. The largest absolute Gasteiger partial charge is 0.356 e. The van der Waals surface area contributed by atoms with Crippen LogP contribution in [0, 0.1) is 5.92 Å². The van der Waals surface area contributed by atoms with Gasteiger partial charge in [-0.05, 0) is 30.0 Å². The minimum Gasteiger partial charge on any atom is -0.356 e. The van der Waals surface area contributed by atoms with Crippen LogP contribution in [0.15, 0.2) is 91.5 Å². The van der Waals surface area contributed by atoms with Gasteiger partial charge in [-0.2, -0.15) is 5.10 Å². The average molecular weight is 439 g/mol. The molecule has 7 nitrogen and oxygen atoms in total. The first kappa shape index (κ1) is 20.9. The fourth-order valence-corrected chi connectivity index (χ4v) is 4.35. The number of nitrogens with zero attached hydrogens (tertiary/aromatic N) is 5. The topological polar surface area (TPSA) is 75.9 Å². The lowest BCUT2D eigenvalue weighted by molar-refractivity contribution is -0.125. The monoisotopic (exact) mass is 438 g/mol. The Bertz CT molecular complexity index is 1140. The predicted molar refractivity (Wildman–Crippen MR) is 127 cm³/mol. The van der Waals surface area contributed by atoms with Crippen LogP contribution in [0.3, 0.4) is 0 Å². The second-order valence-electron chi connectivity index (χ2n) is 8.23. The van der Waals surface area contributed by atoms with Gasteiger partial charge in [-0.1, -0.05) is 60.7 Å². The van der Waals surface area contributed by atoms with Crippen LogP contribution in [0.25, 0.3) is 5.82 Å². The summed E-state index contributed by atoms with van der Waals surface area (Å²) in [5, 5.41) is 7.56. The molecule has 4 aromatic rings. The van der Waals surface area contributed by atoms with Crippen molar-refractivity contribution in [2.45, 2.75) is 18.9 Å². The van der Waals surface area contributed by atoms with Gasteiger partial charge < -0.3 is 10.2 Å². The number of carbonyl (C=O) groups is 1. The molecule has 0 saturated carbocycles. The fraction of sp³-hybridized carbons (Fsp3) is 0.231. The van der Waals surface area contributed by atoms with Crippen LogP contribution in [0.1, 0.15) is 30.0 Å². The van der Waals surface area contributed by atoms with Crippen LogP contribution in [0.2, 0.25) is 0 Å². The van der Waals surface area contributed by atoms with E-state index < -0.39 is 0 Å². The summed E-state index contributed by atoms with van der Waals surface area (Å²) in [4.78, 5) is 24.4. The van der Waals surface area contributed by atoms with E-state index in [4.69, 9.17) is 0 Å². The van der Waals surface area contributed by atoms with E-state index in [0.717, 1.165) is 36.3 Å². The molecule has 1 atom stereocenters. The van der Waals surface area contributed by atoms with E-state index in [1.807, 2.05) is 54.7 Å². The summed E-state index contributed by atoms with van der Waals surface area (Å²) in [6, 6.07) is 23.8. The highest BCUT2D eigenvalue weighted by molar-refractivity contribution is 5.80. The molecule has 1 N–H and O–H groups in total. The molecule has 0 aliphatic carbocycles. The highest BCUT2D eigenvalue weighted by Crippen LogP contribution is 2.26. The lowest BCUT2D eigenvalue weighted by atomic mass is 9.94. The number of carbonyl (C=O) groups excluding carboxylic acids is 1. The van der Waals surface area contributed by atoms with Crippen LogP contribution in [-0.4, -0.2) is 38.7 Å². The molecule has 1 unspecified atom stereocenters. The van der Waals surface area contributed by atoms with Gasteiger partial charge in [-0.3, -0.25) is 4.79 Å². The normalized spacial score (nSPS) is 16.0. The second-order valence-corrected chi connectivity index (χ2v) is 8.23. The second kappa shape index (κ2) is 9.65. The average Bonchev–Trinajstić information content (AvgIpc) is 3.44. The van der Waals surface area contributed by atoms with Crippen molar-refractivity contribution >= 4 is 11.7 Å². The highest BCUT2D eigenvalue weighted by atomic mass is 16.2. The lowest BCUT2D eigenvalue weighted by Crippen LogP contribution is -2.44. The van der Waals surface area contributed by atoms with Crippen LogP contribution in [-0.2, 0) is 4.79 Å². The first-order valence-electron chi connectivity index (χ1n) is 11.3. The van der Waals surface area contributed by atoms with E-state index in [1.165, 1.54) is 0 Å². The maximum atomic E-state index is 13.4. The Kier molecular flexibility index (Phi) is 6.10. The van der Waals surface area contributed by atoms with E-state index in [2.05, 4.69) is 49.5 Å². The number of benzene rings is 2. The van der Waals surface area contributed by atoms with Crippen molar-refractivity contribution in [2.24, 2.45) is 5.92 Å². The predicted octanol–water partition coefficient (Wildman–Crippen LogP) is 3.78. The molecule has 3 heterocycles. The molecule has 2 aromatic carbocycles. The highest BCUT2D eigenvalue weighted by Gasteiger charge is 2.29. The van der Waals surface area contributed by atoms with E-state index >= 15 is 0 Å². The standard InChI is InChI=1S/C26H26N6O/c33-26(30-25(20-9-3-1-4-10-20)21-11-5-2-6-12-21)22-13-7-15-31(18-22)23-17-24(28-19-27-23)32-16-8-14-29-32/h1-6,8-12,14,16-17,19,22,25H,7,13,15,18H2,(H,30,33). The molecule has 1 amide bonds. The number of hydrogen-bond acceptors (Lipinski definition) is 5. The first-order chi connectivity index (χ1) is 16.3. The minimum atomic E-state index is -0.180. The Morgan fingerprint density at radius 2 is 1.64 bits per heavy atom. The van der Waals surface area contributed by atoms with E-state index in [9.17, 15) is 4.79 Å². The molecule has 0 radical (unpaired) electrons. The minimum absolute atomic E-state index is 0.0683. The number of piperidine rings is 1. The van der Waals surface area contributed by atoms with Crippen LogP contribution in [0.5, 0.6) is 0 Å². The van der Waals surface area contributed by atoms with Crippen molar-refractivity contribution in [1.29, 1.82) is 0 Å². The number of aromatic nitrogens is 4. The van der Waals surface area contributed by atoms with Gasteiger partial charge in [0.1, 0.15) is 12.1 Å². The molecular weight excluding hydrogens is 412 g/mol. The van der Waals surface area contributed by atoms with Crippen molar-refractivity contribution in [3.8, 4) is 5.82 Å². The molecule has 5 rings (SSSR count). The summed E-state index contributed by atoms with van der Waals surface area (Å²) < 4.78 is 1.71. The lowest BCUT2D eigenvalue weighted by Gasteiger charge is -2.34. The van der Waals surface area contributed by atoms with Crippen LogP contribution in [0.4, 0.5) is 5.82 Å². The summed E-state index contributed by atoms with van der Waals surface area (Å²) in [6.07, 6.45) is 6.91. The van der Waals surface area contributed by atoms with Gasteiger partial charge >= 0.3 is 0 Å². The third kappa shape index (κ3) is 4.77. The Balaban J connectivity index is 1.33. The number of rotatable bonds is 6. The Morgan fingerprint density at radius 1 is 0.939 bits per heavy atom. The van der Waals surface area contributed by atoms with Crippen molar-refractivity contribution in [3.05, 3.63) is 103 Å². The molecule has 1 saturated heterocycles. The Labute approximate surface area is 193 Å². The Morgan fingerprint density at radius 3 is 2.30 bits per heavy atom. The number of nitrogens with one attached hydrogen (secondary N) is 1. The van der Waals surface area contributed by atoms with Crippen LogP contribution < -0.4 is 10.2 Å². The number of anilines is 1. The van der Waals surface area contributed by atoms with E-state index in [1.54, 1.807) is 17.2 Å². The van der Waals surface area contributed by atoms with Crippen molar-refractivity contribution in [2.75, 3.05) is 18.0 Å². The molecule has 2 aromatic heterocycles. The van der Waals surface area contributed by atoms with Gasteiger partial charge in [0.15, 0.2) is 5.82 Å². The molecule has 1 fully saturated rings. The zero-order chi connectivity index (χ0) is 22.5. The van der Waals surface area contributed by atoms with Crippen molar-refractivity contribution < 1.29 is 4.79 Å². The SMILES string of the molecule is O=C(NC(c1ccccc1)c1ccccc1)C1CCCN(c2cc(-n3cccn3)ncn2)C1. The number of hydrogen-bond donors (Lipinski definition) is 1.